The first-order valence-electron chi connectivity index (χ1n) is 7.07. The number of hydrogen-bond acceptors (Lipinski definition) is 3. The van der Waals surface area contributed by atoms with Crippen LogP contribution in [0.3, 0.4) is 0 Å². The lowest BCUT2D eigenvalue weighted by molar-refractivity contribution is 0.242. The van der Waals surface area contributed by atoms with Gasteiger partial charge >= 0.3 is 0 Å². The summed E-state index contributed by atoms with van der Waals surface area (Å²) in [5, 5.41) is 0. The van der Waals surface area contributed by atoms with E-state index >= 15 is 0 Å². The molecule has 1 heterocycles. The number of pyridine rings is 1. The highest BCUT2D eigenvalue weighted by Crippen LogP contribution is 2.23. The molecule has 20 heavy (non-hydrogen) atoms. The zero-order valence-corrected chi connectivity index (χ0v) is 12.3. The molecule has 1 aromatic heterocycles. The molecule has 2 rings (SSSR count). The van der Waals surface area contributed by atoms with Crippen LogP contribution in [-0.2, 0) is 6.42 Å². The zero-order valence-electron chi connectivity index (χ0n) is 12.3. The van der Waals surface area contributed by atoms with Crippen molar-refractivity contribution in [2.75, 3.05) is 0 Å². The van der Waals surface area contributed by atoms with Crippen molar-refractivity contribution in [3.8, 4) is 5.75 Å². The molecule has 0 aliphatic heterocycles. The first-order chi connectivity index (χ1) is 9.61. The Morgan fingerprint density at radius 1 is 1.15 bits per heavy atom. The summed E-state index contributed by atoms with van der Waals surface area (Å²) in [6, 6.07) is 11.8. The van der Waals surface area contributed by atoms with E-state index in [1.807, 2.05) is 44.2 Å². The minimum atomic E-state index is -0.195. The average Bonchev–Trinajstić information content (AvgIpc) is 2.46. The topological polar surface area (TPSA) is 48.1 Å². The quantitative estimate of drug-likeness (QED) is 0.905. The molecule has 2 N–H and O–H groups in total. The number of ether oxygens (including phenoxy) is 1. The summed E-state index contributed by atoms with van der Waals surface area (Å²) in [5.74, 6) is 0.868. The molecule has 2 aromatic rings. The summed E-state index contributed by atoms with van der Waals surface area (Å²) in [6.45, 7) is 6.15. The molecule has 0 amide bonds. The van der Waals surface area contributed by atoms with Crippen LogP contribution >= 0.6 is 0 Å². The van der Waals surface area contributed by atoms with Gasteiger partial charge in [-0.2, -0.15) is 0 Å². The molecular formula is C17H22N2O. The van der Waals surface area contributed by atoms with Crippen LogP contribution in [0.1, 0.15) is 43.6 Å². The van der Waals surface area contributed by atoms with Gasteiger partial charge in [0, 0.05) is 6.20 Å². The van der Waals surface area contributed by atoms with Gasteiger partial charge in [-0.3, -0.25) is 4.98 Å². The molecule has 0 saturated carbocycles. The second-order valence-electron chi connectivity index (χ2n) is 5.11. The Hall–Kier alpha value is -1.87. The van der Waals surface area contributed by atoms with Crippen LogP contribution in [0.2, 0.25) is 0 Å². The van der Waals surface area contributed by atoms with E-state index in [9.17, 15) is 0 Å². The Kier molecular flexibility index (Phi) is 4.74. The molecule has 1 atom stereocenters. The van der Waals surface area contributed by atoms with Crippen molar-refractivity contribution in [2.45, 2.75) is 39.3 Å². The van der Waals surface area contributed by atoms with E-state index in [2.05, 4.69) is 18.0 Å². The van der Waals surface area contributed by atoms with E-state index in [1.165, 1.54) is 5.56 Å². The van der Waals surface area contributed by atoms with Crippen molar-refractivity contribution in [3.63, 3.8) is 0 Å². The third-order valence-electron chi connectivity index (χ3n) is 3.21. The number of aryl methyl sites for hydroxylation is 1. The smallest absolute Gasteiger partial charge is 0.119 e. The minimum Gasteiger partial charge on any atom is -0.491 e. The lowest BCUT2D eigenvalue weighted by Crippen LogP contribution is -2.15. The summed E-state index contributed by atoms with van der Waals surface area (Å²) >= 11 is 0. The van der Waals surface area contributed by atoms with E-state index < -0.39 is 0 Å². The Labute approximate surface area is 120 Å². The number of aromatic nitrogens is 1. The molecule has 0 bridgehead atoms. The highest BCUT2D eigenvalue weighted by atomic mass is 16.5. The van der Waals surface area contributed by atoms with Crippen LogP contribution in [0.5, 0.6) is 5.75 Å². The van der Waals surface area contributed by atoms with Crippen LogP contribution in [0.4, 0.5) is 0 Å². The number of rotatable bonds is 5. The van der Waals surface area contributed by atoms with Gasteiger partial charge in [0.25, 0.3) is 0 Å². The van der Waals surface area contributed by atoms with Crippen LogP contribution in [0.25, 0.3) is 0 Å². The fraction of sp³-hybridized carbons (Fsp3) is 0.353. The first-order valence-corrected chi connectivity index (χ1v) is 7.07. The number of nitrogens with two attached hydrogens (primary N) is 1. The highest BCUT2D eigenvalue weighted by molar-refractivity contribution is 5.35. The largest absolute Gasteiger partial charge is 0.491 e. The highest BCUT2D eigenvalue weighted by Gasteiger charge is 2.13. The van der Waals surface area contributed by atoms with Crippen LogP contribution in [-0.4, -0.2) is 11.1 Å². The predicted octanol–water partition coefficient (Wildman–Crippen LogP) is 3.48. The van der Waals surface area contributed by atoms with E-state index in [0.29, 0.717) is 0 Å². The van der Waals surface area contributed by atoms with Gasteiger partial charge in [0.2, 0.25) is 0 Å². The Morgan fingerprint density at radius 3 is 2.45 bits per heavy atom. The fourth-order valence-corrected chi connectivity index (χ4v) is 2.21. The molecule has 1 aromatic carbocycles. The number of hydrogen-bond donors (Lipinski definition) is 1. The van der Waals surface area contributed by atoms with Crippen molar-refractivity contribution in [1.82, 2.24) is 4.98 Å². The third-order valence-corrected chi connectivity index (χ3v) is 3.21. The molecule has 1 unspecified atom stereocenters. The van der Waals surface area contributed by atoms with Crippen molar-refractivity contribution in [2.24, 2.45) is 5.73 Å². The summed E-state index contributed by atoms with van der Waals surface area (Å²) in [5.41, 5.74) is 9.54. The van der Waals surface area contributed by atoms with Crippen LogP contribution in [0.15, 0.2) is 42.6 Å². The van der Waals surface area contributed by atoms with E-state index in [4.69, 9.17) is 10.5 Å². The molecule has 0 aliphatic rings. The monoisotopic (exact) mass is 270 g/mol. The van der Waals surface area contributed by atoms with Gasteiger partial charge in [-0.15, -0.1) is 0 Å². The lowest BCUT2D eigenvalue weighted by Gasteiger charge is -2.16. The predicted molar refractivity (Wildman–Crippen MR) is 81.9 cm³/mol. The van der Waals surface area contributed by atoms with Crippen LogP contribution < -0.4 is 10.5 Å². The number of nitrogens with zero attached hydrogens (tertiary/aromatic N) is 1. The average molecular weight is 270 g/mol. The molecule has 106 valence electrons. The maximum absolute atomic E-state index is 6.34. The fourth-order valence-electron chi connectivity index (χ4n) is 2.21. The van der Waals surface area contributed by atoms with Gasteiger partial charge < -0.3 is 10.5 Å². The van der Waals surface area contributed by atoms with Gasteiger partial charge in [-0.05, 0) is 49.6 Å². The Morgan fingerprint density at radius 2 is 1.85 bits per heavy atom. The molecular weight excluding hydrogens is 248 g/mol. The number of benzene rings is 1. The SMILES string of the molecule is CCc1cccnc1C(N)c1ccc(OC(C)C)cc1. The molecule has 0 aliphatic carbocycles. The second kappa shape index (κ2) is 6.53. The summed E-state index contributed by atoms with van der Waals surface area (Å²) in [7, 11) is 0. The molecule has 3 heteroatoms. The zero-order chi connectivity index (χ0) is 14.5. The lowest BCUT2D eigenvalue weighted by atomic mass is 9.99. The van der Waals surface area contributed by atoms with Gasteiger partial charge in [0.05, 0.1) is 17.8 Å². The standard InChI is InChI=1S/C17H22N2O/c1-4-13-6-5-11-19-17(13)16(18)14-7-9-15(10-8-14)20-12(2)3/h5-12,16H,4,18H2,1-3H3. The molecule has 0 fully saturated rings. The van der Waals surface area contributed by atoms with Gasteiger partial charge in [0.15, 0.2) is 0 Å². The van der Waals surface area contributed by atoms with E-state index in [1.54, 1.807) is 6.20 Å². The van der Waals surface area contributed by atoms with Crippen molar-refractivity contribution >= 4 is 0 Å². The molecule has 0 spiro atoms. The Balaban J connectivity index is 2.22. The summed E-state index contributed by atoms with van der Waals surface area (Å²) in [6.07, 6.45) is 2.91. The van der Waals surface area contributed by atoms with E-state index in [0.717, 1.165) is 23.4 Å². The van der Waals surface area contributed by atoms with Crippen molar-refractivity contribution in [3.05, 3.63) is 59.4 Å². The van der Waals surface area contributed by atoms with Gasteiger partial charge in [-0.25, -0.2) is 0 Å². The van der Waals surface area contributed by atoms with Crippen molar-refractivity contribution < 1.29 is 4.74 Å². The minimum absolute atomic E-state index is 0.178. The van der Waals surface area contributed by atoms with Gasteiger partial charge in [-0.1, -0.05) is 25.1 Å². The normalized spacial score (nSPS) is 12.4. The second-order valence-corrected chi connectivity index (χ2v) is 5.11. The molecule has 3 nitrogen and oxygen atoms in total. The summed E-state index contributed by atoms with van der Waals surface area (Å²) in [4.78, 5) is 4.44. The summed E-state index contributed by atoms with van der Waals surface area (Å²) < 4.78 is 5.64. The van der Waals surface area contributed by atoms with Crippen molar-refractivity contribution in [1.29, 1.82) is 0 Å². The van der Waals surface area contributed by atoms with Gasteiger partial charge in [0.1, 0.15) is 5.75 Å². The maximum Gasteiger partial charge on any atom is 0.119 e. The van der Waals surface area contributed by atoms with Crippen LogP contribution in [0, 0.1) is 0 Å². The third kappa shape index (κ3) is 3.36. The maximum atomic E-state index is 6.34. The molecule has 0 radical (unpaired) electrons. The molecule has 0 saturated heterocycles. The van der Waals surface area contributed by atoms with E-state index in [-0.39, 0.29) is 12.1 Å². The Bertz CT molecular complexity index is 549. The first kappa shape index (κ1) is 14.5.